The fourth-order valence-corrected chi connectivity index (χ4v) is 5.10. The van der Waals surface area contributed by atoms with Crippen molar-refractivity contribution in [3.63, 3.8) is 0 Å². The Morgan fingerprint density at radius 2 is 1.64 bits per heavy atom. The number of carbonyl (C=O) groups is 2. The molecule has 5 rings (SSSR count). The molecule has 5 nitrogen and oxygen atoms in total. The first kappa shape index (κ1) is 21.5. The Morgan fingerprint density at radius 1 is 0.909 bits per heavy atom. The zero-order valence-corrected chi connectivity index (χ0v) is 18.9. The molecular formula is C27H25ClN2O3. The zero-order chi connectivity index (χ0) is 22.9. The van der Waals surface area contributed by atoms with Crippen LogP contribution in [0.2, 0.25) is 5.02 Å². The lowest BCUT2D eigenvalue weighted by molar-refractivity contribution is -0.143. The summed E-state index contributed by atoms with van der Waals surface area (Å²) in [5.41, 5.74) is 5.74. The Bertz CT molecular complexity index is 1200. The van der Waals surface area contributed by atoms with Crippen LogP contribution in [0.5, 0.6) is 0 Å². The highest BCUT2D eigenvalue weighted by Gasteiger charge is 2.36. The van der Waals surface area contributed by atoms with Crippen LogP contribution in [-0.2, 0) is 11.3 Å². The van der Waals surface area contributed by atoms with E-state index in [1.54, 1.807) is 0 Å². The molecule has 33 heavy (non-hydrogen) atoms. The third-order valence-electron chi connectivity index (χ3n) is 6.76. The molecule has 1 amide bonds. The van der Waals surface area contributed by atoms with Crippen LogP contribution in [-0.4, -0.2) is 27.9 Å². The Morgan fingerprint density at radius 3 is 2.33 bits per heavy atom. The average Bonchev–Trinajstić information content (AvgIpc) is 3.15. The van der Waals surface area contributed by atoms with Crippen LogP contribution in [0, 0.1) is 5.92 Å². The fraction of sp³-hybridized carbons (Fsp3) is 0.259. The van der Waals surface area contributed by atoms with Crippen molar-refractivity contribution in [1.82, 2.24) is 4.90 Å². The largest absolute Gasteiger partial charge is 0.481 e. The van der Waals surface area contributed by atoms with Gasteiger partial charge < -0.3 is 15.3 Å². The van der Waals surface area contributed by atoms with Crippen LogP contribution < -0.4 is 5.32 Å². The Kier molecular flexibility index (Phi) is 5.81. The van der Waals surface area contributed by atoms with Gasteiger partial charge in [-0.3, -0.25) is 9.59 Å². The Balaban J connectivity index is 1.29. The van der Waals surface area contributed by atoms with Crippen LogP contribution >= 0.6 is 11.6 Å². The molecule has 1 fully saturated rings. The summed E-state index contributed by atoms with van der Waals surface area (Å²) < 4.78 is 0. The molecule has 168 valence electrons. The minimum atomic E-state index is -0.720. The number of nitrogens with one attached hydrogen (secondary N) is 1. The SMILES string of the molecule is O=C(O)C1CCC(N2Cc3ccc(-c4ccc(Nc5cccc(Cl)c5)cc4)cc3C2=O)CC1. The topological polar surface area (TPSA) is 69.6 Å². The molecule has 1 aliphatic carbocycles. The maximum atomic E-state index is 13.2. The van der Waals surface area contributed by atoms with Crippen molar-refractivity contribution < 1.29 is 14.7 Å². The van der Waals surface area contributed by atoms with Gasteiger partial charge in [-0.05, 0) is 78.8 Å². The van der Waals surface area contributed by atoms with Crippen molar-refractivity contribution in [3.8, 4) is 11.1 Å². The van der Waals surface area contributed by atoms with E-state index in [1.165, 1.54) is 0 Å². The number of benzene rings is 3. The summed E-state index contributed by atoms with van der Waals surface area (Å²) in [6, 6.07) is 21.9. The number of carboxylic acids is 1. The monoisotopic (exact) mass is 460 g/mol. The van der Waals surface area contributed by atoms with Gasteiger partial charge >= 0.3 is 5.97 Å². The minimum Gasteiger partial charge on any atom is -0.481 e. The standard InChI is InChI=1S/C27H25ClN2O3/c28-21-2-1-3-23(15-21)29-22-10-6-17(7-11-22)19-4-5-20-16-30(26(31)25(20)14-19)24-12-8-18(9-13-24)27(32)33/h1-7,10-11,14-15,18,24,29H,8-9,12-13,16H2,(H,32,33). The molecule has 0 saturated heterocycles. The third kappa shape index (κ3) is 4.46. The second-order valence-electron chi connectivity index (χ2n) is 8.86. The molecule has 0 atom stereocenters. The van der Waals surface area contributed by atoms with Crippen molar-refractivity contribution >= 4 is 34.9 Å². The van der Waals surface area contributed by atoms with Gasteiger partial charge in [0.1, 0.15) is 0 Å². The number of hydrogen-bond donors (Lipinski definition) is 2. The number of amides is 1. The summed E-state index contributed by atoms with van der Waals surface area (Å²) in [7, 11) is 0. The number of carboxylic acid groups (broad SMARTS) is 1. The van der Waals surface area contributed by atoms with E-state index in [0.29, 0.717) is 24.4 Å². The quantitative estimate of drug-likeness (QED) is 0.465. The lowest BCUT2D eigenvalue weighted by Gasteiger charge is -2.33. The molecule has 1 heterocycles. The van der Waals surface area contributed by atoms with E-state index in [-0.39, 0.29) is 17.9 Å². The predicted molar refractivity (Wildman–Crippen MR) is 130 cm³/mol. The van der Waals surface area contributed by atoms with Crippen molar-refractivity contribution in [1.29, 1.82) is 0 Å². The van der Waals surface area contributed by atoms with E-state index in [9.17, 15) is 14.7 Å². The molecule has 0 bridgehead atoms. The summed E-state index contributed by atoms with van der Waals surface area (Å²) in [5.74, 6) is -0.933. The first-order chi connectivity index (χ1) is 16.0. The number of halogens is 1. The summed E-state index contributed by atoms with van der Waals surface area (Å²) >= 11 is 6.06. The van der Waals surface area contributed by atoms with Crippen molar-refractivity contribution in [2.45, 2.75) is 38.3 Å². The van der Waals surface area contributed by atoms with Gasteiger partial charge in [-0.15, -0.1) is 0 Å². The minimum absolute atomic E-state index is 0.0601. The van der Waals surface area contributed by atoms with Gasteiger partial charge in [-0.1, -0.05) is 41.9 Å². The normalized spacial score (nSPS) is 19.9. The van der Waals surface area contributed by atoms with Gasteiger partial charge in [0.25, 0.3) is 5.91 Å². The molecule has 3 aromatic rings. The van der Waals surface area contributed by atoms with Gasteiger partial charge in [-0.25, -0.2) is 0 Å². The highest BCUT2D eigenvalue weighted by atomic mass is 35.5. The van der Waals surface area contributed by atoms with Crippen LogP contribution in [0.15, 0.2) is 66.7 Å². The van der Waals surface area contributed by atoms with E-state index in [0.717, 1.165) is 46.5 Å². The lowest BCUT2D eigenvalue weighted by Crippen LogP contribution is -2.39. The Labute approximate surface area is 198 Å². The summed E-state index contributed by atoms with van der Waals surface area (Å²) in [5, 5.41) is 13.3. The highest BCUT2D eigenvalue weighted by molar-refractivity contribution is 6.30. The first-order valence-corrected chi connectivity index (χ1v) is 11.7. The predicted octanol–water partition coefficient (Wildman–Crippen LogP) is 6.35. The second kappa shape index (κ2) is 8.91. The van der Waals surface area contributed by atoms with Crippen LogP contribution in [0.1, 0.15) is 41.6 Å². The van der Waals surface area contributed by atoms with Crippen molar-refractivity contribution in [3.05, 3.63) is 82.9 Å². The van der Waals surface area contributed by atoms with Gasteiger partial charge in [0.2, 0.25) is 0 Å². The number of hydrogen-bond acceptors (Lipinski definition) is 3. The number of carbonyl (C=O) groups excluding carboxylic acids is 1. The first-order valence-electron chi connectivity index (χ1n) is 11.3. The molecule has 1 aliphatic heterocycles. The number of fused-ring (bicyclic) bond motifs is 1. The average molecular weight is 461 g/mol. The van der Waals surface area contributed by atoms with Gasteiger partial charge in [0, 0.05) is 34.5 Å². The molecule has 0 aromatic heterocycles. The van der Waals surface area contributed by atoms with E-state index in [1.807, 2.05) is 65.6 Å². The molecule has 0 spiro atoms. The molecule has 0 unspecified atom stereocenters. The zero-order valence-electron chi connectivity index (χ0n) is 18.1. The van der Waals surface area contributed by atoms with Crippen molar-refractivity contribution in [2.24, 2.45) is 5.92 Å². The molecule has 0 radical (unpaired) electrons. The molecule has 2 N–H and O–H groups in total. The third-order valence-corrected chi connectivity index (χ3v) is 7.00. The maximum Gasteiger partial charge on any atom is 0.306 e. The molecular weight excluding hydrogens is 436 g/mol. The van der Waals surface area contributed by atoms with Gasteiger partial charge in [0.05, 0.1) is 5.92 Å². The van der Waals surface area contributed by atoms with Gasteiger partial charge in [0.15, 0.2) is 0 Å². The summed E-state index contributed by atoms with van der Waals surface area (Å²) in [6.07, 6.45) is 2.79. The van der Waals surface area contributed by atoms with E-state index in [4.69, 9.17) is 11.6 Å². The lowest BCUT2D eigenvalue weighted by atomic mass is 9.85. The number of nitrogens with zero attached hydrogens (tertiary/aromatic N) is 1. The van der Waals surface area contributed by atoms with Crippen LogP contribution in [0.3, 0.4) is 0 Å². The van der Waals surface area contributed by atoms with Crippen LogP contribution in [0.25, 0.3) is 11.1 Å². The second-order valence-corrected chi connectivity index (χ2v) is 9.30. The summed E-state index contributed by atoms with van der Waals surface area (Å²) in [4.78, 5) is 26.3. The smallest absolute Gasteiger partial charge is 0.306 e. The maximum absolute atomic E-state index is 13.2. The Hall–Kier alpha value is -3.31. The van der Waals surface area contributed by atoms with Crippen molar-refractivity contribution in [2.75, 3.05) is 5.32 Å². The fourth-order valence-electron chi connectivity index (χ4n) is 4.91. The molecule has 3 aromatic carbocycles. The van der Waals surface area contributed by atoms with Gasteiger partial charge in [-0.2, -0.15) is 0 Å². The highest BCUT2D eigenvalue weighted by Crippen LogP contribution is 2.35. The molecule has 6 heteroatoms. The van der Waals surface area contributed by atoms with Crippen LogP contribution in [0.4, 0.5) is 11.4 Å². The number of rotatable bonds is 5. The number of aliphatic carboxylic acids is 1. The summed E-state index contributed by atoms with van der Waals surface area (Å²) in [6.45, 7) is 0.610. The van der Waals surface area contributed by atoms with E-state index in [2.05, 4.69) is 11.4 Å². The van der Waals surface area contributed by atoms with E-state index < -0.39 is 5.97 Å². The molecule has 2 aliphatic rings. The molecule has 1 saturated carbocycles. The number of anilines is 2. The van der Waals surface area contributed by atoms with E-state index >= 15 is 0 Å².